The summed E-state index contributed by atoms with van der Waals surface area (Å²) in [6.07, 6.45) is 0. The van der Waals surface area contributed by atoms with Crippen molar-refractivity contribution in [1.82, 2.24) is 10.2 Å². The number of ether oxygens (including phenoxy) is 2. The van der Waals surface area contributed by atoms with E-state index in [1.54, 1.807) is 31.1 Å². The van der Waals surface area contributed by atoms with Gasteiger partial charge in [-0.2, -0.15) is 8.78 Å². The van der Waals surface area contributed by atoms with E-state index in [9.17, 15) is 23.2 Å². The maximum Gasteiger partial charge on any atom is 0.387 e. The third-order valence-electron chi connectivity index (χ3n) is 4.90. The van der Waals surface area contributed by atoms with Gasteiger partial charge in [-0.3, -0.25) is 19.3 Å². The molecule has 13 heteroatoms. The number of carbonyl (C=O) groups is 3. The molecule has 1 aliphatic rings. The molecule has 1 aromatic heterocycles. The highest BCUT2D eigenvalue weighted by molar-refractivity contribution is 7.18. The van der Waals surface area contributed by atoms with Crippen LogP contribution in [0.3, 0.4) is 0 Å². The number of carbonyl (C=O) groups excluding carboxylic acids is 3. The van der Waals surface area contributed by atoms with Crippen LogP contribution >= 0.6 is 22.9 Å². The van der Waals surface area contributed by atoms with Crippen molar-refractivity contribution in [1.29, 1.82) is 0 Å². The molecule has 1 fully saturated rings. The summed E-state index contributed by atoms with van der Waals surface area (Å²) in [5.74, 6) is -1.50. The molecule has 1 aliphatic heterocycles. The largest absolute Gasteiger partial charge is 0.433 e. The van der Waals surface area contributed by atoms with E-state index in [-0.39, 0.29) is 49.3 Å². The first-order chi connectivity index (χ1) is 16.2. The van der Waals surface area contributed by atoms with Gasteiger partial charge in [-0.1, -0.05) is 11.6 Å². The first-order valence-electron chi connectivity index (χ1n) is 10.1. The molecule has 0 saturated carbocycles. The van der Waals surface area contributed by atoms with Crippen LogP contribution in [0.2, 0.25) is 4.34 Å². The van der Waals surface area contributed by atoms with E-state index in [1.165, 1.54) is 23.1 Å². The highest BCUT2D eigenvalue weighted by Gasteiger charge is 2.26. The molecule has 2 heterocycles. The molecule has 0 spiro atoms. The normalized spacial score (nSPS) is 14.9. The fourth-order valence-electron chi connectivity index (χ4n) is 3.23. The predicted octanol–water partition coefficient (Wildman–Crippen LogP) is 2.66. The number of nitrogens with zero attached hydrogens (tertiary/aromatic N) is 2. The van der Waals surface area contributed by atoms with Gasteiger partial charge in [-0.25, -0.2) is 0 Å². The van der Waals surface area contributed by atoms with Crippen LogP contribution in [0, 0.1) is 0 Å². The Labute approximate surface area is 203 Å². The minimum absolute atomic E-state index is 0.00601. The molecule has 1 saturated heterocycles. The van der Waals surface area contributed by atoms with Gasteiger partial charge in [0.25, 0.3) is 11.8 Å². The topological polar surface area (TPSA) is 100 Å². The van der Waals surface area contributed by atoms with Gasteiger partial charge in [0.1, 0.15) is 12.6 Å². The molecule has 2 N–H and O–H groups in total. The van der Waals surface area contributed by atoms with Crippen molar-refractivity contribution >= 4 is 52.0 Å². The van der Waals surface area contributed by atoms with Gasteiger partial charge in [0.05, 0.1) is 21.5 Å². The molecule has 0 unspecified atom stereocenters. The molecule has 3 rings (SSSR count). The van der Waals surface area contributed by atoms with E-state index in [0.717, 1.165) is 11.3 Å². The molecular weight excluding hydrogens is 494 g/mol. The molecular formula is C21H23ClF2N4O5S. The van der Waals surface area contributed by atoms with Crippen molar-refractivity contribution in [2.45, 2.75) is 12.7 Å². The van der Waals surface area contributed by atoms with Crippen molar-refractivity contribution in [3.8, 4) is 5.75 Å². The first-order valence-corrected chi connectivity index (χ1v) is 11.3. The number of hydrogen-bond acceptors (Lipinski definition) is 7. The van der Waals surface area contributed by atoms with Gasteiger partial charge in [0.2, 0.25) is 5.91 Å². The Morgan fingerprint density at radius 2 is 2.06 bits per heavy atom. The van der Waals surface area contributed by atoms with E-state index in [2.05, 4.69) is 15.4 Å². The number of likely N-dealkylation sites (N-methyl/N-ethyl adjacent to an activating group) is 1. The quantitative estimate of drug-likeness (QED) is 0.531. The van der Waals surface area contributed by atoms with Crippen molar-refractivity contribution in [2.75, 3.05) is 50.6 Å². The number of amides is 3. The number of thiophene rings is 1. The second-order valence-corrected chi connectivity index (χ2v) is 9.16. The Hall–Kier alpha value is -2.80. The number of alkyl halides is 2. The molecule has 0 aliphatic carbocycles. The van der Waals surface area contributed by atoms with Gasteiger partial charge < -0.3 is 25.0 Å². The lowest BCUT2D eigenvalue weighted by Gasteiger charge is -2.29. The van der Waals surface area contributed by atoms with Crippen molar-refractivity contribution in [3.63, 3.8) is 0 Å². The Morgan fingerprint density at radius 3 is 2.68 bits per heavy atom. The molecule has 184 valence electrons. The molecule has 3 amide bonds. The van der Waals surface area contributed by atoms with Crippen LogP contribution in [0.5, 0.6) is 5.75 Å². The fourth-order valence-corrected chi connectivity index (χ4v) is 4.19. The summed E-state index contributed by atoms with van der Waals surface area (Å²) in [6.45, 7) is -2.86. The lowest BCUT2D eigenvalue weighted by atomic mass is 10.2. The summed E-state index contributed by atoms with van der Waals surface area (Å²) in [4.78, 5) is 40.6. The predicted molar refractivity (Wildman–Crippen MR) is 124 cm³/mol. The lowest BCUT2D eigenvalue weighted by molar-refractivity contribution is -0.126. The Balaban J connectivity index is 1.73. The van der Waals surface area contributed by atoms with Crippen molar-refractivity contribution < 1.29 is 32.6 Å². The highest BCUT2D eigenvalue weighted by Crippen LogP contribution is 2.33. The Morgan fingerprint density at radius 1 is 1.29 bits per heavy atom. The van der Waals surface area contributed by atoms with E-state index in [0.29, 0.717) is 9.21 Å². The average Bonchev–Trinajstić information content (AvgIpc) is 3.20. The lowest BCUT2D eigenvalue weighted by Crippen LogP contribution is -2.47. The number of rotatable bonds is 9. The minimum atomic E-state index is -3.13. The van der Waals surface area contributed by atoms with Crippen LogP contribution in [0.1, 0.15) is 9.67 Å². The van der Waals surface area contributed by atoms with Crippen LogP contribution in [-0.2, 0) is 14.3 Å². The average molecular weight is 517 g/mol. The number of hydrogen-bond donors (Lipinski definition) is 2. The zero-order chi connectivity index (χ0) is 24.8. The fraction of sp³-hybridized carbons (Fsp3) is 0.381. The second kappa shape index (κ2) is 11.6. The zero-order valence-corrected chi connectivity index (χ0v) is 19.9. The van der Waals surface area contributed by atoms with Crippen LogP contribution in [0.4, 0.5) is 20.2 Å². The van der Waals surface area contributed by atoms with Crippen LogP contribution < -0.4 is 20.3 Å². The number of benzene rings is 1. The summed E-state index contributed by atoms with van der Waals surface area (Å²) >= 11 is 6.97. The molecule has 9 nitrogen and oxygen atoms in total. The molecule has 1 atom stereocenters. The maximum absolute atomic E-state index is 13.0. The van der Waals surface area contributed by atoms with Crippen molar-refractivity contribution in [3.05, 3.63) is 39.5 Å². The number of morpholine rings is 1. The smallest absolute Gasteiger partial charge is 0.387 e. The number of anilines is 2. The van der Waals surface area contributed by atoms with Gasteiger partial charge in [-0.15, -0.1) is 11.3 Å². The van der Waals surface area contributed by atoms with Gasteiger partial charge in [0, 0.05) is 24.8 Å². The minimum Gasteiger partial charge on any atom is -0.433 e. The molecule has 1 aromatic carbocycles. The monoisotopic (exact) mass is 516 g/mol. The van der Waals surface area contributed by atoms with Crippen LogP contribution in [0.15, 0.2) is 30.3 Å². The zero-order valence-electron chi connectivity index (χ0n) is 18.3. The number of nitrogens with one attached hydrogen (secondary N) is 2. The van der Waals surface area contributed by atoms with E-state index >= 15 is 0 Å². The van der Waals surface area contributed by atoms with Gasteiger partial charge in [-0.05, 0) is 38.4 Å². The molecule has 34 heavy (non-hydrogen) atoms. The SMILES string of the molecule is CN(C)[C@@H](CNC(=O)c1ccc(Cl)s1)C(=O)Nc1ccc(N2CCOCC2=O)c(OC(F)F)c1. The second-order valence-electron chi connectivity index (χ2n) is 7.44. The van der Waals surface area contributed by atoms with Crippen LogP contribution in [0.25, 0.3) is 0 Å². The Bertz CT molecular complexity index is 1050. The summed E-state index contributed by atoms with van der Waals surface area (Å²) in [6, 6.07) is 6.54. The number of halogens is 3. The highest BCUT2D eigenvalue weighted by atomic mass is 35.5. The summed E-state index contributed by atoms with van der Waals surface area (Å²) in [7, 11) is 3.33. The van der Waals surface area contributed by atoms with Crippen LogP contribution in [-0.4, -0.2) is 75.7 Å². The third kappa shape index (κ3) is 6.63. The van der Waals surface area contributed by atoms with E-state index < -0.39 is 24.5 Å². The summed E-state index contributed by atoms with van der Waals surface area (Å²) < 4.78 is 36.2. The third-order valence-corrected chi connectivity index (χ3v) is 6.13. The summed E-state index contributed by atoms with van der Waals surface area (Å²) in [5, 5.41) is 5.33. The molecule has 0 bridgehead atoms. The Kier molecular flexibility index (Phi) is 8.78. The van der Waals surface area contributed by atoms with E-state index in [1.807, 2.05) is 0 Å². The summed E-state index contributed by atoms with van der Waals surface area (Å²) in [5.41, 5.74) is 0.339. The first kappa shape index (κ1) is 25.8. The maximum atomic E-state index is 13.0. The van der Waals surface area contributed by atoms with Gasteiger partial charge >= 0.3 is 6.61 Å². The molecule has 2 aromatic rings. The standard InChI is InChI=1S/C21H23ClF2N4O5S/c1-27(2)14(10-25-20(31)16-5-6-17(22)34-16)19(30)26-12-3-4-13(15(9-12)33-21(23)24)28-7-8-32-11-18(28)29/h3-6,9,14,21H,7-8,10-11H2,1-2H3,(H,25,31)(H,26,30)/t14-/m0/s1. The van der Waals surface area contributed by atoms with E-state index in [4.69, 9.17) is 16.3 Å². The molecule has 0 radical (unpaired) electrons. The van der Waals surface area contributed by atoms with Crippen molar-refractivity contribution in [2.24, 2.45) is 0 Å². The van der Waals surface area contributed by atoms with Gasteiger partial charge in [0.15, 0.2) is 5.75 Å².